The molecule has 2 aromatic rings. The number of rotatable bonds is 1. The van der Waals surface area contributed by atoms with Gasteiger partial charge in [-0.1, -0.05) is 0 Å². The minimum absolute atomic E-state index is 0.0594. The van der Waals surface area contributed by atoms with Gasteiger partial charge < -0.3 is 5.32 Å². The van der Waals surface area contributed by atoms with Crippen LogP contribution in [0.2, 0.25) is 0 Å². The van der Waals surface area contributed by atoms with Crippen molar-refractivity contribution in [2.24, 2.45) is 0 Å². The van der Waals surface area contributed by atoms with E-state index in [1.807, 2.05) is 0 Å². The topological polar surface area (TPSA) is 79.8 Å². The normalized spacial score (nSPS) is 19.9. The van der Waals surface area contributed by atoms with Gasteiger partial charge in [-0.25, -0.2) is 9.78 Å². The first-order chi connectivity index (χ1) is 8.27. The number of aromatic amines is 1. The molecule has 0 bridgehead atoms. The van der Waals surface area contributed by atoms with E-state index in [0.717, 1.165) is 13.0 Å². The Morgan fingerprint density at radius 2 is 2.29 bits per heavy atom. The van der Waals surface area contributed by atoms with Crippen molar-refractivity contribution in [3.63, 3.8) is 0 Å². The van der Waals surface area contributed by atoms with E-state index in [0.29, 0.717) is 17.6 Å². The number of aromatic nitrogens is 3. The van der Waals surface area contributed by atoms with Crippen LogP contribution in [0.25, 0.3) is 11.0 Å². The van der Waals surface area contributed by atoms with Crippen molar-refractivity contribution in [2.45, 2.75) is 12.5 Å². The molecular formula is C11H12N4O2. The summed E-state index contributed by atoms with van der Waals surface area (Å²) in [5.41, 5.74) is -0.287. The van der Waals surface area contributed by atoms with E-state index in [1.165, 1.54) is 4.57 Å². The Labute approximate surface area is 96.3 Å². The molecule has 6 nitrogen and oxygen atoms in total. The van der Waals surface area contributed by atoms with E-state index in [1.54, 1.807) is 18.3 Å². The van der Waals surface area contributed by atoms with Gasteiger partial charge in [-0.15, -0.1) is 0 Å². The number of pyridine rings is 1. The smallest absolute Gasteiger partial charge is 0.315 e. The van der Waals surface area contributed by atoms with Crippen LogP contribution in [0.1, 0.15) is 12.5 Å². The molecule has 1 aliphatic heterocycles. The van der Waals surface area contributed by atoms with E-state index in [-0.39, 0.29) is 17.3 Å². The molecule has 17 heavy (non-hydrogen) atoms. The molecule has 3 rings (SSSR count). The second-order valence-electron chi connectivity index (χ2n) is 4.15. The monoisotopic (exact) mass is 232 g/mol. The Morgan fingerprint density at radius 1 is 1.41 bits per heavy atom. The molecule has 0 amide bonds. The van der Waals surface area contributed by atoms with Crippen molar-refractivity contribution in [1.82, 2.24) is 19.9 Å². The van der Waals surface area contributed by atoms with Gasteiger partial charge in [0.25, 0.3) is 5.56 Å². The lowest BCUT2D eigenvalue weighted by Gasteiger charge is -2.11. The molecule has 3 heterocycles. The summed E-state index contributed by atoms with van der Waals surface area (Å²) in [6.45, 7) is 1.50. The Kier molecular flexibility index (Phi) is 2.29. The van der Waals surface area contributed by atoms with Crippen molar-refractivity contribution in [2.75, 3.05) is 13.1 Å². The van der Waals surface area contributed by atoms with Crippen LogP contribution in [-0.4, -0.2) is 27.6 Å². The molecule has 88 valence electrons. The minimum atomic E-state index is -0.380. The van der Waals surface area contributed by atoms with Crippen LogP contribution >= 0.6 is 0 Å². The molecule has 0 unspecified atom stereocenters. The van der Waals surface area contributed by atoms with Gasteiger partial charge in [-0.05, 0) is 25.1 Å². The zero-order valence-corrected chi connectivity index (χ0v) is 9.14. The standard InChI is InChI=1S/C11H12N4O2/c16-10-8-2-1-4-13-9(8)14-11(17)15(10)7-3-5-12-6-7/h1-2,4,7,12H,3,5-6H2,(H,13,14,17)/t7-/m0/s1. The van der Waals surface area contributed by atoms with Crippen molar-refractivity contribution < 1.29 is 0 Å². The van der Waals surface area contributed by atoms with Crippen LogP contribution in [0.5, 0.6) is 0 Å². The predicted molar refractivity (Wildman–Crippen MR) is 63.1 cm³/mol. The summed E-state index contributed by atoms with van der Waals surface area (Å²) < 4.78 is 1.30. The molecule has 1 aliphatic rings. The highest BCUT2D eigenvalue weighted by atomic mass is 16.2. The molecule has 6 heteroatoms. The molecule has 0 aliphatic carbocycles. The van der Waals surface area contributed by atoms with Crippen molar-refractivity contribution in [3.8, 4) is 0 Å². The summed E-state index contributed by atoms with van der Waals surface area (Å²) in [5, 5.41) is 3.60. The highest BCUT2D eigenvalue weighted by Crippen LogP contribution is 2.11. The largest absolute Gasteiger partial charge is 0.330 e. The first-order valence-electron chi connectivity index (χ1n) is 5.57. The summed E-state index contributed by atoms with van der Waals surface area (Å²) in [7, 11) is 0. The molecule has 0 saturated carbocycles. The lowest BCUT2D eigenvalue weighted by molar-refractivity contribution is 0.507. The van der Waals surface area contributed by atoms with Gasteiger partial charge in [0.15, 0.2) is 0 Å². The minimum Gasteiger partial charge on any atom is -0.315 e. The molecule has 1 saturated heterocycles. The SMILES string of the molecule is O=c1[nH]c2ncccc2c(=O)n1[C@H]1CCNC1. The Bertz CT molecular complexity index is 667. The lowest BCUT2D eigenvalue weighted by Crippen LogP contribution is -2.39. The third-order valence-electron chi connectivity index (χ3n) is 3.10. The van der Waals surface area contributed by atoms with Crippen LogP contribution in [0.4, 0.5) is 0 Å². The van der Waals surface area contributed by atoms with Crippen molar-refractivity contribution in [3.05, 3.63) is 39.2 Å². The van der Waals surface area contributed by atoms with E-state index in [2.05, 4.69) is 15.3 Å². The van der Waals surface area contributed by atoms with Crippen LogP contribution in [0.3, 0.4) is 0 Å². The van der Waals surface area contributed by atoms with Gasteiger partial charge in [-0.2, -0.15) is 0 Å². The summed E-state index contributed by atoms with van der Waals surface area (Å²) >= 11 is 0. The maximum absolute atomic E-state index is 12.2. The third-order valence-corrected chi connectivity index (χ3v) is 3.10. The van der Waals surface area contributed by atoms with Crippen LogP contribution in [0, 0.1) is 0 Å². The summed E-state index contributed by atoms with van der Waals surface area (Å²) in [5.74, 6) is 0. The predicted octanol–water partition coefficient (Wildman–Crippen LogP) is -0.381. The van der Waals surface area contributed by atoms with Crippen LogP contribution in [0.15, 0.2) is 27.9 Å². The maximum Gasteiger partial charge on any atom is 0.330 e. The molecule has 1 atom stereocenters. The fourth-order valence-electron chi connectivity index (χ4n) is 2.25. The number of nitrogens with zero attached hydrogens (tertiary/aromatic N) is 2. The highest BCUT2D eigenvalue weighted by molar-refractivity contribution is 5.72. The molecular weight excluding hydrogens is 220 g/mol. The van der Waals surface area contributed by atoms with Gasteiger partial charge >= 0.3 is 5.69 Å². The Morgan fingerprint density at radius 3 is 3.06 bits per heavy atom. The van der Waals surface area contributed by atoms with E-state index < -0.39 is 0 Å². The molecule has 0 aromatic carbocycles. The lowest BCUT2D eigenvalue weighted by atomic mass is 10.2. The average molecular weight is 232 g/mol. The van der Waals surface area contributed by atoms with Gasteiger partial charge in [-0.3, -0.25) is 14.3 Å². The van der Waals surface area contributed by atoms with E-state index in [4.69, 9.17) is 0 Å². The van der Waals surface area contributed by atoms with Crippen molar-refractivity contribution >= 4 is 11.0 Å². The van der Waals surface area contributed by atoms with Crippen molar-refractivity contribution in [1.29, 1.82) is 0 Å². The fraction of sp³-hybridized carbons (Fsp3) is 0.364. The number of hydrogen-bond donors (Lipinski definition) is 2. The summed E-state index contributed by atoms with van der Waals surface area (Å²) in [6.07, 6.45) is 2.36. The first kappa shape index (κ1) is 10.2. The zero-order chi connectivity index (χ0) is 11.8. The quantitative estimate of drug-likeness (QED) is 0.702. The second-order valence-corrected chi connectivity index (χ2v) is 4.15. The first-order valence-corrected chi connectivity index (χ1v) is 5.57. The van der Waals surface area contributed by atoms with Gasteiger partial charge in [0, 0.05) is 12.7 Å². The number of nitrogens with one attached hydrogen (secondary N) is 2. The number of hydrogen-bond acceptors (Lipinski definition) is 4. The Hall–Kier alpha value is -1.95. The molecule has 1 fully saturated rings. The molecule has 2 N–H and O–H groups in total. The van der Waals surface area contributed by atoms with Gasteiger partial charge in [0.05, 0.1) is 11.4 Å². The third kappa shape index (κ3) is 1.57. The summed E-state index contributed by atoms with van der Waals surface area (Å²) in [4.78, 5) is 30.7. The van der Waals surface area contributed by atoms with E-state index >= 15 is 0 Å². The highest BCUT2D eigenvalue weighted by Gasteiger charge is 2.20. The number of H-pyrrole nitrogens is 1. The summed E-state index contributed by atoms with van der Waals surface area (Å²) in [6, 6.07) is 3.31. The Balaban J connectivity index is 2.31. The van der Waals surface area contributed by atoms with Gasteiger partial charge in [0.2, 0.25) is 0 Å². The zero-order valence-electron chi connectivity index (χ0n) is 9.14. The van der Waals surface area contributed by atoms with E-state index in [9.17, 15) is 9.59 Å². The molecule has 2 aromatic heterocycles. The molecule has 0 spiro atoms. The number of fused-ring (bicyclic) bond motifs is 1. The molecule has 0 radical (unpaired) electrons. The van der Waals surface area contributed by atoms with Gasteiger partial charge in [0.1, 0.15) is 5.65 Å². The fourth-order valence-corrected chi connectivity index (χ4v) is 2.25. The second kappa shape index (κ2) is 3.81. The maximum atomic E-state index is 12.2. The average Bonchev–Trinajstić information content (AvgIpc) is 2.83. The van der Waals surface area contributed by atoms with Crippen LogP contribution in [-0.2, 0) is 0 Å². The van der Waals surface area contributed by atoms with Crippen LogP contribution < -0.4 is 16.6 Å².